The first-order valence-corrected chi connectivity index (χ1v) is 6.55. The zero-order valence-electron chi connectivity index (χ0n) is 10.9. The Kier molecular flexibility index (Phi) is 5.32. The lowest BCUT2D eigenvalue weighted by Gasteiger charge is -2.26. The zero-order valence-corrected chi connectivity index (χ0v) is 10.9. The van der Waals surface area contributed by atoms with Gasteiger partial charge in [-0.3, -0.25) is 9.69 Å². The number of morpholine rings is 1. The molecule has 1 aromatic carbocycles. The van der Waals surface area contributed by atoms with Gasteiger partial charge in [0.2, 0.25) is 5.91 Å². The molecule has 19 heavy (non-hydrogen) atoms. The third kappa shape index (κ3) is 4.63. The van der Waals surface area contributed by atoms with E-state index in [1.165, 1.54) is 0 Å². The van der Waals surface area contributed by atoms with E-state index in [1.54, 1.807) is 0 Å². The normalized spacial score (nSPS) is 17.9. The first-order valence-electron chi connectivity index (χ1n) is 6.55. The third-order valence-electron chi connectivity index (χ3n) is 3.15. The van der Waals surface area contributed by atoms with E-state index in [4.69, 9.17) is 4.74 Å². The second-order valence-electron chi connectivity index (χ2n) is 4.62. The summed E-state index contributed by atoms with van der Waals surface area (Å²) in [7, 11) is 0. The van der Waals surface area contributed by atoms with Crippen LogP contribution in [-0.4, -0.2) is 55.3 Å². The van der Waals surface area contributed by atoms with Crippen LogP contribution in [-0.2, 0) is 9.53 Å². The van der Waals surface area contributed by atoms with Crippen molar-refractivity contribution in [1.29, 1.82) is 0 Å². The standard InChI is InChI=1S/C14H20N2O3/c17-13(12-4-2-1-3-5-12)10-15-14(18)11-16-6-8-19-9-7-16/h1-5,13,17H,6-11H2,(H,15,18). The van der Waals surface area contributed by atoms with Crippen molar-refractivity contribution in [1.82, 2.24) is 10.2 Å². The van der Waals surface area contributed by atoms with E-state index in [-0.39, 0.29) is 12.5 Å². The molecule has 5 nitrogen and oxygen atoms in total. The van der Waals surface area contributed by atoms with Gasteiger partial charge in [-0.15, -0.1) is 0 Å². The fourth-order valence-corrected chi connectivity index (χ4v) is 2.02. The molecule has 1 unspecified atom stereocenters. The summed E-state index contributed by atoms with van der Waals surface area (Å²) in [5.41, 5.74) is 0.814. The molecule has 1 saturated heterocycles. The minimum Gasteiger partial charge on any atom is -0.387 e. The number of carbonyl (C=O) groups is 1. The van der Waals surface area contributed by atoms with Gasteiger partial charge in [0, 0.05) is 19.6 Å². The Morgan fingerprint density at radius 2 is 2.00 bits per heavy atom. The molecule has 0 aliphatic carbocycles. The Hall–Kier alpha value is -1.43. The van der Waals surface area contributed by atoms with Gasteiger partial charge in [0.25, 0.3) is 0 Å². The summed E-state index contributed by atoms with van der Waals surface area (Å²) >= 11 is 0. The average Bonchev–Trinajstić information content (AvgIpc) is 2.47. The summed E-state index contributed by atoms with van der Waals surface area (Å²) in [6.07, 6.45) is -0.658. The number of aliphatic hydroxyl groups is 1. The van der Waals surface area contributed by atoms with Crippen molar-refractivity contribution >= 4 is 5.91 Å². The Morgan fingerprint density at radius 3 is 2.68 bits per heavy atom. The number of hydrogen-bond acceptors (Lipinski definition) is 4. The van der Waals surface area contributed by atoms with Crippen molar-refractivity contribution in [2.75, 3.05) is 39.4 Å². The highest BCUT2D eigenvalue weighted by molar-refractivity contribution is 5.78. The molecule has 1 aliphatic heterocycles. The van der Waals surface area contributed by atoms with Gasteiger partial charge in [0.15, 0.2) is 0 Å². The quantitative estimate of drug-likeness (QED) is 0.796. The Labute approximate surface area is 113 Å². The van der Waals surface area contributed by atoms with Crippen LogP contribution in [0, 0.1) is 0 Å². The highest BCUT2D eigenvalue weighted by atomic mass is 16.5. The molecule has 0 bridgehead atoms. The SMILES string of the molecule is O=C(CN1CCOCC1)NCC(O)c1ccccc1. The fraction of sp³-hybridized carbons (Fsp3) is 0.500. The van der Waals surface area contributed by atoms with Crippen molar-refractivity contribution in [3.05, 3.63) is 35.9 Å². The molecule has 1 aromatic rings. The van der Waals surface area contributed by atoms with Gasteiger partial charge >= 0.3 is 0 Å². The molecular formula is C14H20N2O3. The summed E-state index contributed by atoms with van der Waals surface area (Å²) in [6, 6.07) is 9.33. The predicted octanol–water partition coefficient (Wildman–Crippen LogP) is 0.168. The highest BCUT2D eigenvalue weighted by Gasteiger charge is 2.15. The van der Waals surface area contributed by atoms with Crippen LogP contribution in [0.3, 0.4) is 0 Å². The number of nitrogens with one attached hydrogen (secondary N) is 1. The van der Waals surface area contributed by atoms with E-state index in [0.29, 0.717) is 19.8 Å². The maximum Gasteiger partial charge on any atom is 0.234 e. The second kappa shape index (κ2) is 7.23. The van der Waals surface area contributed by atoms with Crippen LogP contribution in [0.5, 0.6) is 0 Å². The van der Waals surface area contributed by atoms with Crippen LogP contribution in [0.15, 0.2) is 30.3 Å². The maximum absolute atomic E-state index is 11.7. The summed E-state index contributed by atoms with van der Waals surface area (Å²) in [4.78, 5) is 13.8. The van der Waals surface area contributed by atoms with Crippen LogP contribution in [0.2, 0.25) is 0 Å². The molecule has 1 amide bonds. The largest absolute Gasteiger partial charge is 0.387 e. The van der Waals surface area contributed by atoms with Gasteiger partial charge in [0.05, 0.1) is 25.9 Å². The molecule has 1 aliphatic rings. The Bertz CT molecular complexity index is 391. The lowest BCUT2D eigenvalue weighted by atomic mass is 10.1. The number of hydrogen-bond donors (Lipinski definition) is 2. The van der Waals surface area contributed by atoms with E-state index in [1.807, 2.05) is 35.2 Å². The van der Waals surface area contributed by atoms with Crippen molar-refractivity contribution in [2.24, 2.45) is 0 Å². The van der Waals surface area contributed by atoms with Gasteiger partial charge in [-0.1, -0.05) is 30.3 Å². The zero-order chi connectivity index (χ0) is 13.5. The van der Waals surface area contributed by atoms with Gasteiger partial charge in [-0.05, 0) is 5.56 Å². The molecular weight excluding hydrogens is 244 g/mol. The van der Waals surface area contributed by atoms with E-state index < -0.39 is 6.10 Å². The van der Waals surface area contributed by atoms with Crippen LogP contribution < -0.4 is 5.32 Å². The first-order chi connectivity index (χ1) is 9.25. The number of amides is 1. The summed E-state index contributed by atoms with van der Waals surface area (Å²) in [5, 5.41) is 12.7. The maximum atomic E-state index is 11.7. The van der Waals surface area contributed by atoms with Crippen molar-refractivity contribution in [2.45, 2.75) is 6.10 Å². The monoisotopic (exact) mass is 264 g/mol. The highest BCUT2D eigenvalue weighted by Crippen LogP contribution is 2.10. The minimum absolute atomic E-state index is 0.0584. The van der Waals surface area contributed by atoms with Crippen LogP contribution in [0.1, 0.15) is 11.7 Å². The first kappa shape index (κ1) is 14.0. The number of nitrogens with zero attached hydrogens (tertiary/aromatic N) is 1. The smallest absolute Gasteiger partial charge is 0.234 e. The predicted molar refractivity (Wildman–Crippen MR) is 71.7 cm³/mol. The Balaban J connectivity index is 1.71. The lowest BCUT2D eigenvalue weighted by Crippen LogP contribution is -2.43. The summed E-state index contributed by atoms with van der Waals surface area (Å²) in [6.45, 7) is 3.54. The van der Waals surface area contributed by atoms with Gasteiger partial charge in [0.1, 0.15) is 0 Å². The summed E-state index contributed by atoms with van der Waals surface area (Å²) < 4.78 is 5.22. The molecule has 0 aromatic heterocycles. The Morgan fingerprint density at radius 1 is 1.32 bits per heavy atom. The third-order valence-corrected chi connectivity index (χ3v) is 3.15. The van der Waals surface area contributed by atoms with E-state index in [2.05, 4.69) is 5.32 Å². The molecule has 0 spiro atoms. The average molecular weight is 264 g/mol. The number of benzene rings is 1. The van der Waals surface area contributed by atoms with Crippen molar-refractivity contribution in [3.8, 4) is 0 Å². The molecule has 104 valence electrons. The summed E-state index contributed by atoms with van der Waals surface area (Å²) in [5.74, 6) is -0.0584. The van der Waals surface area contributed by atoms with Crippen LogP contribution in [0.25, 0.3) is 0 Å². The number of aliphatic hydroxyl groups excluding tert-OH is 1. The van der Waals surface area contributed by atoms with Crippen LogP contribution in [0.4, 0.5) is 0 Å². The molecule has 0 radical (unpaired) electrons. The topological polar surface area (TPSA) is 61.8 Å². The van der Waals surface area contributed by atoms with E-state index in [0.717, 1.165) is 18.7 Å². The molecule has 5 heteroatoms. The second-order valence-corrected chi connectivity index (χ2v) is 4.62. The van der Waals surface area contributed by atoms with Crippen molar-refractivity contribution < 1.29 is 14.6 Å². The number of ether oxygens (including phenoxy) is 1. The minimum atomic E-state index is -0.658. The van der Waals surface area contributed by atoms with Crippen molar-refractivity contribution in [3.63, 3.8) is 0 Å². The lowest BCUT2D eigenvalue weighted by molar-refractivity contribution is -0.123. The fourth-order valence-electron chi connectivity index (χ4n) is 2.02. The van der Waals surface area contributed by atoms with Gasteiger partial charge in [-0.25, -0.2) is 0 Å². The molecule has 2 N–H and O–H groups in total. The van der Waals surface area contributed by atoms with E-state index in [9.17, 15) is 9.90 Å². The molecule has 1 fully saturated rings. The van der Waals surface area contributed by atoms with Crippen LogP contribution >= 0.6 is 0 Å². The van der Waals surface area contributed by atoms with Gasteiger partial charge in [-0.2, -0.15) is 0 Å². The molecule has 1 atom stereocenters. The number of carbonyl (C=O) groups excluding carboxylic acids is 1. The molecule has 2 rings (SSSR count). The molecule has 1 heterocycles. The van der Waals surface area contributed by atoms with E-state index >= 15 is 0 Å². The van der Waals surface area contributed by atoms with Gasteiger partial charge < -0.3 is 15.2 Å². The number of rotatable bonds is 5. The molecule has 0 saturated carbocycles.